The van der Waals surface area contributed by atoms with Crippen LogP contribution >= 0.6 is 11.6 Å². The molecule has 1 aliphatic heterocycles. The van der Waals surface area contributed by atoms with E-state index in [2.05, 4.69) is 9.44 Å². The maximum Gasteiger partial charge on any atom is 0.261 e. The Morgan fingerprint density at radius 3 is 1.97 bits per heavy atom. The van der Waals surface area contributed by atoms with E-state index in [0.717, 1.165) is 31.2 Å². The van der Waals surface area contributed by atoms with Gasteiger partial charge >= 0.3 is 0 Å². The first kappa shape index (κ1) is 28.7. The summed E-state index contributed by atoms with van der Waals surface area (Å²) in [5.74, 6) is 0.0165. The van der Waals surface area contributed by atoms with E-state index in [1.807, 2.05) is 0 Å². The van der Waals surface area contributed by atoms with Gasteiger partial charge in [0, 0.05) is 23.8 Å². The number of sulfonamides is 2. The van der Waals surface area contributed by atoms with E-state index in [9.17, 15) is 21.6 Å². The molecule has 0 atom stereocenters. The molecule has 3 aromatic rings. The standard InChI is InChI=1S/C27H30ClN3O6S2/c1-19-7-8-21(17-25(19)28)30-38(33,34)22-11-9-20(10-12-22)29-39(35,36)23-13-14-26(37-2)24(18-23)27(32)31-15-5-3-4-6-16-31/h7-14,17-18,29-30H,3-6,15-16H2,1-2H3. The Morgan fingerprint density at radius 1 is 0.795 bits per heavy atom. The van der Waals surface area contributed by atoms with Gasteiger partial charge in [0.1, 0.15) is 5.75 Å². The van der Waals surface area contributed by atoms with Gasteiger partial charge in [0.05, 0.1) is 28.2 Å². The molecule has 0 spiro atoms. The van der Waals surface area contributed by atoms with Crippen LogP contribution < -0.4 is 14.2 Å². The Morgan fingerprint density at radius 2 is 1.36 bits per heavy atom. The van der Waals surface area contributed by atoms with Gasteiger partial charge in [-0.05, 0) is 79.9 Å². The van der Waals surface area contributed by atoms with Gasteiger partial charge in [-0.2, -0.15) is 0 Å². The first-order chi connectivity index (χ1) is 18.5. The fourth-order valence-corrected chi connectivity index (χ4v) is 6.57. The van der Waals surface area contributed by atoms with Crippen molar-refractivity contribution in [1.29, 1.82) is 0 Å². The van der Waals surface area contributed by atoms with Gasteiger partial charge in [-0.15, -0.1) is 0 Å². The zero-order valence-electron chi connectivity index (χ0n) is 21.6. The molecule has 208 valence electrons. The zero-order valence-corrected chi connectivity index (χ0v) is 24.0. The molecule has 3 aromatic carbocycles. The maximum absolute atomic E-state index is 13.2. The van der Waals surface area contributed by atoms with E-state index in [4.69, 9.17) is 16.3 Å². The van der Waals surface area contributed by atoms with E-state index in [1.165, 1.54) is 55.6 Å². The molecule has 12 heteroatoms. The van der Waals surface area contributed by atoms with Crippen LogP contribution in [-0.4, -0.2) is 47.8 Å². The van der Waals surface area contributed by atoms with Crippen molar-refractivity contribution in [2.75, 3.05) is 29.6 Å². The topological polar surface area (TPSA) is 122 Å². The molecule has 2 N–H and O–H groups in total. The summed E-state index contributed by atoms with van der Waals surface area (Å²) in [5.41, 5.74) is 1.45. The number of hydrogen-bond acceptors (Lipinski definition) is 6. The van der Waals surface area contributed by atoms with E-state index in [-0.39, 0.29) is 26.9 Å². The van der Waals surface area contributed by atoms with Gasteiger partial charge in [0.15, 0.2) is 0 Å². The molecule has 1 aliphatic rings. The van der Waals surface area contributed by atoms with Crippen LogP contribution in [0.1, 0.15) is 41.6 Å². The summed E-state index contributed by atoms with van der Waals surface area (Å²) in [5, 5.41) is 0.426. The minimum Gasteiger partial charge on any atom is -0.496 e. The smallest absolute Gasteiger partial charge is 0.261 e. The lowest BCUT2D eigenvalue weighted by Gasteiger charge is -2.22. The predicted molar refractivity (Wildman–Crippen MR) is 152 cm³/mol. The lowest BCUT2D eigenvalue weighted by atomic mass is 10.1. The molecule has 0 bridgehead atoms. The average molecular weight is 592 g/mol. The summed E-state index contributed by atoms with van der Waals surface area (Å²) in [6, 6.07) is 14.2. The van der Waals surface area contributed by atoms with E-state index in [0.29, 0.717) is 29.5 Å². The number of hydrogen-bond donors (Lipinski definition) is 2. The fourth-order valence-electron chi connectivity index (χ4n) is 4.25. The normalized spacial score (nSPS) is 14.4. The molecular weight excluding hydrogens is 562 g/mol. The number of carbonyl (C=O) groups is 1. The number of amides is 1. The third kappa shape index (κ3) is 6.84. The number of carbonyl (C=O) groups excluding carboxylic acids is 1. The number of likely N-dealkylation sites (tertiary alicyclic amines) is 1. The Labute approximate surface area is 234 Å². The highest BCUT2D eigenvalue weighted by molar-refractivity contribution is 7.93. The fraction of sp³-hybridized carbons (Fsp3) is 0.296. The number of rotatable bonds is 8. The van der Waals surface area contributed by atoms with E-state index in [1.54, 1.807) is 24.0 Å². The van der Waals surface area contributed by atoms with Crippen molar-refractivity contribution in [3.8, 4) is 5.75 Å². The summed E-state index contributed by atoms with van der Waals surface area (Å²) >= 11 is 6.08. The number of methoxy groups -OCH3 is 1. The Kier molecular flexibility index (Phi) is 8.73. The highest BCUT2D eigenvalue weighted by atomic mass is 35.5. The van der Waals surface area contributed by atoms with Gasteiger partial charge in [-0.25, -0.2) is 16.8 Å². The first-order valence-electron chi connectivity index (χ1n) is 12.4. The van der Waals surface area contributed by atoms with Gasteiger partial charge < -0.3 is 9.64 Å². The molecule has 1 heterocycles. The summed E-state index contributed by atoms with van der Waals surface area (Å²) in [7, 11) is -6.60. The summed E-state index contributed by atoms with van der Waals surface area (Å²) in [6.07, 6.45) is 3.90. The van der Waals surface area contributed by atoms with Crippen molar-refractivity contribution in [2.45, 2.75) is 42.4 Å². The molecule has 1 fully saturated rings. The molecule has 0 aromatic heterocycles. The van der Waals surface area contributed by atoms with Crippen LogP contribution in [0.4, 0.5) is 11.4 Å². The third-order valence-electron chi connectivity index (χ3n) is 6.45. The van der Waals surface area contributed by atoms with E-state index < -0.39 is 20.0 Å². The van der Waals surface area contributed by atoms with Crippen molar-refractivity contribution >= 4 is 48.9 Å². The number of nitrogens with one attached hydrogen (secondary N) is 2. The Balaban J connectivity index is 1.53. The second kappa shape index (κ2) is 11.8. The number of nitrogens with zero attached hydrogens (tertiary/aromatic N) is 1. The molecule has 1 amide bonds. The molecule has 4 rings (SSSR count). The number of halogens is 1. The number of benzene rings is 3. The Hall–Kier alpha value is -3.28. The average Bonchev–Trinajstić information content (AvgIpc) is 3.20. The van der Waals surface area contributed by atoms with Crippen LogP contribution in [0.2, 0.25) is 5.02 Å². The number of aryl methyl sites for hydroxylation is 1. The van der Waals surface area contributed by atoms with Crippen molar-refractivity contribution < 1.29 is 26.4 Å². The van der Waals surface area contributed by atoms with Crippen LogP contribution in [-0.2, 0) is 20.0 Å². The van der Waals surface area contributed by atoms with Crippen LogP contribution in [0.3, 0.4) is 0 Å². The molecule has 39 heavy (non-hydrogen) atoms. The summed E-state index contributed by atoms with van der Waals surface area (Å²) in [6.45, 7) is 3.03. The lowest BCUT2D eigenvalue weighted by molar-refractivity contribution is 0.0758. The molecule has 0 aliphatic carbocycles. The number of ether oxygens (including phenoxy) is 1. The van der Waals surface area contributed by atoms with Crippen molar-refractivity contribution in [3.05, 3.63) is 76.8 Å². The molecule has 0 unspecified atom stereocenters. The molecule has 0 saturated carbocycles. The highest BCUT2D eigenvalue weighted by Gasteiger charge is 2.24. The van der Waals surface area contributed by atoms with Gasteiger partial charge in [-0.3, -0.25) is 14.2 Å². The molecule has 9 nitrogen and oxygen atoms in total. The monoisotopic (exact) mass is 591 g/mol. The van der Waals surface area contributed by atoms with Crippen LogP contribution in [0, 0.1) is 6.92 Å². The van der Waals surface area contributed by atoms with Crippen molar-refractivity contribution in [2.24, 2.45) is 0 Å². The van der Waals surface area contributed by atoms with E-state index >= 15 is 0 Å². The zero-order chi connectivity index (χ0) is 28.2. The molecule has 1 saturated heterocycles. The van der Waals surface area contributed by atoms with Crippen LogP contribution in [0.5, 0.6) is 5.75 Å². The first-order valence-corrected chi connectivity index (χ1v) is 15.7. The van der Waals surface area contributed by atoms with Gasteiger partial charge in [0.25, 0.3) is 26.0 Å². The minimum absolute atomic E-state index is 0.0584. The van der Waals surface area contributed by atoms with Crippen LogP contribution in [0.15, 0.2) is 70.5 Å². The second-order valence-corrected chi connectivity index (χ2v) is 13.0. The maximum atomic E-state index is 13.2. The highest BCUT2D eigenvalue weighted by Crippen LogP contribution is 2.27. The lowest BCUT2D eigenvalue weighted by Crippen LogP contribution is -2.32. The van der Waals surface area contributed by atoms with Crippen LogP contribution in [0.25, 0.3) is 0 Å². The molecule has 0 radical (unpaired) electrons. The second-order valence-electron chi connectivity index (χ2n) is 9.27. The largest absolute Gasteiger partial charge is 0.496 e. The van der Waals surface area contributed by atoms with Gasteiger partial charge in [-0.1, -0.05) is 30.5 Å². The quantitative estimate of drug-likeness (QED) is 0.368. The number of anilines is 2. The summed E-state index contributed by atoms with van der Waals surface area (Å²) < 4.78 is 62.2. The minimum atomic E-state index is -4.09. The van der Waals surface area contributed by atoms with Gasteiger partial charge in [0.2, 0.25) is 0 Å². The molecular formula is C27H30ClN3O6S2. The Bertz CT molecular complexity index is 1570. The van der Waals surface area contributed by atoms with Crippen molar-refractivity contribution in [3.63, 3.8) is 0 Å². The predicted octanol–water partition coefficient (Wildman–Crippen LogP) is 5.27. The third-order valence-corrected chi connectivity index (χ3v) is 9.63. The summed E-state index contributed by atoms with van der Waals surface area (Å²) in [4.78, 5) is 14.8. The SMILES string of the molecule is COc1ccc(S(=O)(=O)Nc2ccc(S(=O)(=O)Nc3ccc(C)c(Cl)c3)cc2)cc1C(=O)N1CCCCCC1. The van der Waals surface area contributed by atoms with Crippen molar-refractivity contribution in [1.82, 2.24) is 4.90 Å².